The summed E-state index contributed by atoms with van der Waals surface area (Å²) >= 11 is 1.43. The van der Waals surface area contributed by atoms with E-state index in [9.17, 15) is 0 Å². The molecule has 0 aliphatic carbocycles. The van der Waals surface area contributed by atoms with Crippen LogP contribution < -0.4 is 5.73 Å². The summed E-state index contributed by atoms with van der Waals surface area (Å²) in [5.41, 5.74) is 7.17. The van der Waals surface area contributed by atoms with Gasteiger partial charge in [0, 0.05) is 28.9 Å². The molecule has 2 aromatic heterocycles. The summed E-state index contributed by atoms with van der Waals surface area (Å²) < 4.78 is 0. The van der Waals surface area contributed by atoms with E-state index in [0.717, 1.165) is 16.3 Å². The fraction of sp³-hybridized carbons (Fsp3) is 0.231. The van der Waals surface area contributed by atoms with Gasteiger partial charge in [-0.3, -0.25) is 0 Å². The van der Waals surface area contributed by atoms with E-state index in [1.807, 2.05) is 19.2 Å². The Morgan fingerprint density at radius 3 is 2.89 bits per heavy atom. The zero-order valence-corrected chi connectivity index (χ0v) is 11.5. The monoisotopic (exact) mass is 271 g/mol. The Bertz CT molecular complexity index is 666. The van der Waals surface area contributed by atoms with Crippen LogP contribution in [0, 0.1) is 16.7 Å². The van der Waals surface area contributed by atoms with Gasteiger partial charge in [-0.05, 0) is 19.9 Å². The number of nitrogens with two attached hydrogens (primary N) is 1. The van der Waals surface area contributed by atoms with Gasteiger partial charge in [0.25, 0.3) is 0 Å². The van der Waals surface area contributed by atoms with Gasteiger partial charge in [-0.15, -0.1) is 11.3 Å². The molecule has 2 heterocycles. The number of hydrogen-bond acceptors (Lipinski definition) is 6. The van der Waals surface area contributed by atoms with Crippen molar-refractivity contribution in [1.29, 1.82) is 10.7 Å². The summed E-state index contributed by atoms with van der Waals surface area (Å²) in [4.78, 5) is 8.44. The Morgan fingerprint density at radius 2 is 2.26 bits per heavy atom. The average molecular weight is 271 g/mol. The van der Waals surface area contributed by atoms with Crippen LogP contribution in [0.2, 0.25) is 0 Å². The molecule has 3 N–H and O–H groups in total. The number of thiazole rings is 1. The van der Waals surface area contributed by atoms with Crippen molar-refractivity contribution in [3.05, 3.63) is 28.9 Å². The van der Waals surface area contributed by atoms with E-state index in [-0.39, 0.29) is 0 Å². The summed E-state index contributed by atoms with van der Waals surface area (Å²) in [6.45, 7) is 3.65. The fourth-order valence-corrected chi connectivity index (χ4v) is 2.60. The summed E-state index contributed by atoms with van der Waals surface area (Å²) in [6, 6.07) is 4.00. The highest BCUT2D eigenvalue weighted by Gasteiger charge is 2.24. The molecule has 2 rings (SSSR count). The molecule has 0 aliphatic rings. The Kier molecular flexibility index (Phi) is 3.32. The molecule has 0 spiro atoms. The quantitative estimate of drug-likeness (QED) is 0.838. The minimum atomic E-state index is -0.627. The van der Waals surface area contributed by atoms with Gasteiger partial charge >= 0.3 is 0 Å². The SMILES string of the molecule is CC(C)(C#N)c1csc(-c2ccnc(N)c2C=N)n1. The third-order valence-electron chi connectivity index (χ3n) is 2.82. The molecule has 0 fully saturated rings. The lowest BCUT2D eigenvalue weighted by molar-refractivity contribution is 0.666. The van der Waals surface area contributed by atoms with E-state index in [2.05, 4.69) is 16.0 Å². The molecule has 5 nitrogen and oxygen atoms in total. The van der Waals surface area contributed by atoms with Crippen molar-refractivity contribution in [3.63, 3.8) is 0 Å². The van der Waals surface area contributed by atoms with Crippen molar-refractivity contribution in [2.45, 2.75) is 19.3 Å². The number of nitriles is 1. The Labute approximate surface area is 115 Å². The van der Waals surface area contributed by atoms with Crippen LogP contribution >= 0.6 is 11.3 Å². The number of rotatable bonds is 3. The lowest BCUT2D eigenvalue weighted by Gasteiger charge is -2.10. The maximum atomic E-state index is 9.12. The predicted octanol–water partition coefficient (Wildman–Crippen LogP) is 2.59. The molecule has 19 heavy (non-hydrogen) atoms. The topological polar surface area (TPSA) is 99.4 Å². The van der Waals surface area contributed by atoms with Gasteiger partial charge in [0.2, 0.25) is 0 Å². The first-order chi connectivity index (χ1) is 8.99. The number of hydrogen-bond donors (Lipinski definition) is 2. The number of nitrogens with one attached hydrogen (secondary N) is 1. The maximum absolute atomic E-state index is 9.12. The van der Waals surface area contributed by atoms with Gasteiger partial charge in [0.15, 0.2) is 0 Å². The summed E-state index contributed by atoms with van der Waals surface area (Å²) in [7, 11) is 0. The first-order valence-corrected chi connectivity index (χ1v) is 6.50. The lowest BCUT2D eigenvalue weighted by atomic mass is 9.92. The van der Waals surface area contributed by atoms with Gasteiger partial charge < -0.3 is 11.1 Å². The first-order valence-electron chi connectivity index (χ1n) is 5.62. The van der Waals surface area contributed by atoms with Gasteiger partial charge in [0.1, 0.15) is 10.8 Å². The molecular weight excluding hydrogens is 258 g/mol. The standard InChI is InChI=1S/C13H13N5S/c1-13(2,7-15)10-6-19-12(18-10)8-3-4-17-11(16)9(8)5-14/h3-6,14H,1-2H3,(H2,16,17). The van der Waals surface area contributed by atoms with Crippen molar-refractivity contribution in [2.24, 2.45) is 0 Å². The number of anilines is 1. The second kappa shape index (κ2) is 4.78. The van der Waals surface area contributed by atoms with Crippen molar-refractivity contribution in [3.8, 4) is 16.6 Å². The highest BCUT2D eigenvalue weighted by Crippen LogP contribution is 2.32. The Balaban J connectivity index is 2.54. The van der Waals surface area contributed by atoms with Crippen molar-refractivity contribution in [2.75, 3.05) is 5.73 Å². The molecular formula is C13H13N5S. The van der Waals surface area contributed by atoms with Crippen LogP contribution in [-0.4, -0.2) is 16.2 Å². The fourth-order valence-electron chi connectivity index (χ4n) is 1.57. The zero-order chi connectivity index (χ0) is 14.0. The van der Waals surface area contributed by atoms with Crippen LogP contribution in [-0.2, 0) is 5.41 Å². The van der Waals surface area contributed by atoms with Gasteiger partial charge in [0.05, 0.1) is 17.2 Å². The van der Waals surface area contributed by atoms with Gasteiger partial charge in [-0.25, -0.2) is 9.97 Å². The van der Waals surface area contributed by atoms with Crippen LogP contribution in [0.25, 0.3) is 10.6 Å². The minimum Gasteiger partial charge on any atom is -0.383 e. The number of nitrogen functional groups attached to an aromatic ring is 1. The summed E-state index contributed by atoms with van der Waals surface area (Å²) in [5, 5.41) is 19.1. The van der Waals surface area contributed by atoms with Crippen molar-refractivity contribution < 1.29 is 0 Å². The third-order valence-corrected chi connectivity index (χ3v) is 3.70. The highest BCUT2D eigenvalue weighted by atomic mass is 32.1. The second-order valence-electron chi connectivity index (χ2n) is 4.58. The molecule has 0 radical (unpaired) electrons. The Hall–Kier alpha value is -2.26. The van der Waals surface area contributed by atoms with Crippen LogP contribution in [0.1, 0.15) is 25.1 Å². The average Bonchev–Trinajstić information content (AvgIpc) is 2.88. The summed E-state index contributed by atoms with van der Waals surface area (Å²) in [6.07, 6.45) is 2.77. The van der Waals surface area contributed by atoms with Gasteiger partial charge in [-0.1, -0.05) is 0 Å². The largest absolute Gasteiger partial charge is 0.383 e. The molecule has 0 atom stereocenters. The van der Waals surface area contributed by atoms with E-state index in [4.69, 9.17) is 16.4 Å². The Morgan fingerprint density at radius 1 is 1.53 bits per heavy atom. The van der Waals surface area contributed by atoms with Crippen LogP contribution in [0.3, 0.4) is 0 Å². The van der Waals surface area contributed by atoms with E-state index in [0.29, 0.717) is 11.4 Å². The van der Waals surface area contributed by atoms with Crippen molar-refractivity contribution in [1.82, 2.24) is 9.97 Å². The maximum Gasteiger partial charge on any atom is 0.132 e. The predicted molar refractivity (Wildman–Crippen MR) is 76.3 cm³/mol. The number of nitrogens with zero attached hydrogens (tertiary/aromatic N) is 3. The lowest BCUT2D eigenvalue weighted by Crippen LogP contribution is -2.14. The molecule has 2 aromatic rings. The van der Waals surface area contributed by atoms with E-state index in [1.165, 1.54) is 17.6 Å². The van der Waals surface area contributed by atoms with Crippen LogP contribution in [0.4, 0.5) is 5.82 Å². The molecule has 0 saturated heterocycles. The smallest absolute Gasteiger partial charge is 0.132 e. The molecule has 0 amide bonds. The van der Waals surface area contributed by atoms with E-state index in [1.54, 1.807) is 12.3 Å². The zero-order valence-electron chi connectivity index (χ0n) is 10.6. The molecule has 0 aromatic carbocycles. The molecule has 0 saturated carbocycles. The number of aromatic nitrogens is 2. The van der Waals surface area contributed by atoms with Gasteiger partial charge in [-0.2, -0.15) is 5.26 Å². The number of pyridine rings is 1. The molecule has 0 bridgehead atoms. The molecule has 6 heteroatoms. The summed E-state index contributed by atoms with van der Waals surface area (Å²) in [5.74, 6) is 0.309. The minimum absolute atomic E-state index is 0.309. The molecule has 0 aliphatic heterocycles. The third kappa shape index (κ3) is 2.33. The first kappa shape index (κ1) is 13.2. The van der Waals surface area contributed by atoms with Crippen LogP contribution in [0.5, 0.6) is 0 Å². The highest BCUT2D eigenvalue weighted by molar-refractivity contribution is 7.13. The van der Waals surface area contributed by atoms with Crippen LogP contribution in [0.15, 0.2) is 17.6 Å². The van der Waals surface area contributed by atoms with E-state index < -0.39 is 5.41 Å². The van der Waals surface area contributed by atoms with E-state index >= 15 is 0 Å². The normalized spacial score (nSPS) is 11.0. The molecule has 96 valence electrons. The van der Waals surface area contributed by atoms with Crippen molar-refractivity contribution >= 4 is 23.4 Å². The second-order valence-corrected chi connectivity index (χ2v) is 5.43. The molecule has 0 unspecified atom stereocenters.